The van der Waals surface area contributed by atoms with Crippen molar-refractivity contribution in [3.05, 3.63) is 30.1 Å². The lowest BCUT2D eigenvalue weighted by atomic mass is 10.1. The molecular weight excluding hydrogens is 367 g/mol. The number of likely N-dealkylation sites (tertiary alicyclic amines) is 1. The molecule has 2 amide bonds. The number of carboxylic acids is 1. The molecule has 0 spiro atoms. The first-order valence-electron chi connectivity index (χ1n) is 9.52. The lowest BCUT2D eigenvalue weighted by Gasteiger charge is -2.28. The standard InChI is InChI=1S/C20H27FN2O5/c1-15(24)23(14-20(26)27)17-4-2-11-22(12-10-17)19(25)5-3-13-28-18-8-6-16(21)7-9-18/h6-9,17H,2-5,10-14H2,1H3,(H,26,27). The topological polar surface area (TPSA) is 87.2 Å². The summed E-state index contributed by atoms with van der Waals surface area (Å²) in [5.41, 5.74) is 0. The fourth-order valence-corrected chi connectivity index (χ4v) is 3.39. The molecular formula is C20H27FN2O5. The Morgan fingerprint density at radius 2 is 1.93 bits per heavy atom. The van der Waals surface area contributed by atoms with Crippen LogP contribution in [0.4, 0.5) is 4.39 Å². The number of carboxylic acid groups (broad SMARTS) is 1. The minimum absolute atomic E-state index is 0.0240. The van der Waals surface area contributed by atoms with E-state index in [0.29, 0.717) is 51.1 Å². The molecule has 0 radical (unpaired) electrons. The normalized spacial score (nSPS) is 16.9. The van der Waals surface area contributed by atoms with Crippen molar-refractivity contribution in [1.82, 2.24) is 9.80 Å². The Balaban J connectivity index is 1.76. The first-order chi connectivity index (χ1) is 13.4. The molecule has 0 aromatic heterocycles. The molecule has 0 aliphatic carbocycles. The molecule has 154 valence electrons. The lowest BCUT2D eigenvalue weighted by molar-refractivity contribution is -0.145. The maximum Gasteiger partial charge on any atom is 0.323 e. The summed E-state index contributed by atoms with van der Waals surface area (Å²) in [6, 6.07) is 5.58. The van der Waals surface area contributed by atoms with Crippen LogP contribution in [0, 0.1) is 5.82 Å². The molecule has 7 nitrogen and oxygen atoms in total. The van der Waals surface area contributed by atoms with E-state index in [1.54, 1.807) is 17.0 Å². The minimum Gasteiger partial charge on any atom is -0.494 e. The van der Waals surface area contributed by atoms with Gasteiger partial charge in [-0.15, -0.1) is 0 Å². The van der Waals surface area contributed by atoms with Gasteiger partial charge in [-0.1, -0.05) is 0 Å². The van der Waals surface area contributed by atoms with E-state index in [1.165, 1.54) is 24.0 Å². The number of aliphatic carboxylic acids is 1. The summed E-state index contributed by atoms with van der Waals surface area (Å²) >= 11 is 0. The fraction of sp³-hybridized carbons (Fsp3) is 0.550. The van der Waals surface area contributed by atoms with E-state index in [0.717, 1.165) is 6.42 Å². The molecule has 1 aliphatic rings. The smallest absolute Gasteiger partial charge is 0.323 e. The van der Waals surface area contributed by atoms with Gasteiger partial charge < -0.3 is 19.6 Å². The van der Waals surface area contributed by atoms with E-state index in [9.17, 15) is 18.8 Å². The molecule has 2 rings (SSSR count). The maximum atomic E-state index is 12.8. The number of carbonyl (C=O) groups is 3. The van der Waals surface area contributed by atoms with Gasteiger partial charge in [0.2, 0.25) is 11.8 Å². The molecule has 1 aromatic rings. The Bertz CT molecular complexity index is 680. The Hall–Kier alpha value is -2.64. The number of halogens is 1. The molecule has 1 aliphatic heterocycles. The van der Waals surface area contributed by atoms with Gasteiger partial charge in [0, 0.05) is 32.5 Å². The zero-order valence-electron chi connectivity index (χ0n) is 16.1. The van der Waals surface area contributed by atoms with Crippen LogP contribution in [0.2, 0.25) is 0 Å². The third-order valence-corrected chi connectivity index (χ3v) is 4.82. The Morgan fingerprint density at radius 1 is 1.21 bits per heavy atom. The monoisotopic (exact) mass is 394 g/mol. The van der Waals surface area contributed by atoms with Crippen molar-refractivity contribution < 1.29 is 28.6 Å². The second-order valence-electron chi connectivity index (χ2n) is 6.91. The van der Waals surface area contributed by atoms with Gasteiger partial charge >= 0.3 is 5.97 Å². The van der Waals surface area contributed by atoms with E-state index in [4.69, 9.17) is 9.84 Å². The molecule has 1 heterocycles. The van der Waals surface area contributed by atoms with Gasteiger partial charge in [0.15, 0.2) is 0 Å². The highest BCUT2D eigenvalue weighted by Gasteiger charge is 2.27. The maximum absolute atomic E-state index is 12.8. The largest absolute Gasteiger partial charge is 0.494 e. The molecule has 28 heavy (non-hydrogen) atoms. The molecule has 1 unspecified atom stereocenters. The molecule has 0 bridgehead atoms. The molecule has 0 saturated carbocycles. The highest BCUT2D eigenvalue weighted by molar-refractivity contribution is 5.80. The van der Waals surface area contributed by atoms with E-state index in [1.807, 2.05) is 0 Å². The minimum atomic E-state index is -1.03. The van der Waals surface area contributed by atoms with Gasteiger partial charge in [-0.05, 0) is 49.9 Å². The van der Waals surface area contributed by atoms with Crippen molar-refractivity contribution in [3.8, 4) is 5.75 Å². The van der Waals surface area contributed by atoms with Crippen LogP contribution in [0.25, 0.3) is 0 Å². The summed E-state index contributed by atoms with van der Waals surface area (Å²) in [7, 11) is 0. The van der Waals surface area contributed by atoms with Gasteiger partial charge in [-0.25, -0.2) is 4.39 Å². The fourth-order valence-electron chi connectivity index (χ4n) is 3.39. The van der Waals surface area contributed by atoms with Crippen LogP contribution in [0.1, 0.15) is 39.0 Å². The quantitative estimate of drug-likeness (QED) is 0.684. The van der Waals surface area contributed by atoms with Crippen molar-refractivity contribution in [2.24, 2.45) is 0 Å². The predicted octanol–water partition coefficient (Wildman–Crippen LogP) is 2.30. The van der Waals surface area contributed by atoms with Crippen molar-refractivity contribution in [3.63, 3.8) is 0 Å². The lowest BCUT2D eigenvalue weighted by Crippen LogP contribution is -2.43. The van der Waals surface area contributed by atoms with Crippen LogP contribution in [-0.4, -0.2) is 65.0 Å². The van der Waals surface area contributed by atoms with Crippen molar-refractivity contribution in [2.45, 2.75) is 45.1 Å². The number of rotatable bonds is 8. The summed E-state index contributed by atoms with van der Waals surface area (Å²) < 4.78 is 18.3. The van der Waals surface area contributed by atoms with Crippen molar-refractivity contribution in [2.75, 3.05) is 26.2 Å². The summed E-state index contributed by atoms with van der Waals surface area (Å²) in [6.07, 6.45) is 2.88. The van der Waals surface area contributed by atoms with Crippen molar-refractivity contribution >= 4 is 17.8 Å². The Morgan fingerprint density at radius 3 is 2.57 bits per heavy atom. The summed E-state index contributed by atoms with van der Waals surface area (Å²) in [6.45, 7) is 2.54. The first-order valence-corrected chi connectivity index (χ1v) is 9.52. The molecule has 1 N–H and O–H groups in total. The van der Waals surface area contributed by atoms with Gasteiger partial charge in [0.05, 0.1) is 6.61 Å². The van der Waals surface area contributed by atoms with Gasteiger partial charge in [0.25, 0.3) is 0 Å². The van der Waals surface area contributed by atoms with E-state index in [2.05, 4.69) is 0 Å². The van der Waals surface area contributed by atoms with Gasteiger partial charge in [0.1, 0.15) is 18.1 Å². The van der Waals surface area contributed by atoms with Gasteiger partial charge in [-0.3, -0.25) is 14.4 Å². The summed E-state index contributed by atoms with van der Waals surface area (Å²) in [5, 5.41) is 9.00. The van der Waals surface area contributed by atoms with E-state index in [-0.39, 0.29) is 30.2 Å². The number of nitrogens with zero attached hydrogens (tertiary/aromatic N) is 2. The molecule has 1 saturated heterocycles. The van der Waals surface area contributed by atoms with Crippen LogP contribution in [0.3, 0.4) is 0 Å². The number of hydrogen-bond acceptors (Lipinski definition) is 4. The highest BCUT2D eigenvalue weighted by Crippen LogP contribution is 2.18. The average Bonchev–Trinajstić information content (AvgIpc) is 2.90. The predicted molar refractivity (Wildman–Crippen MR) is 100 cm³/mol. The van der Waals surface area contributed by atoms with Crippen molar-refractivity contribution in [1.29, 1.82) is 0 Å². The third kappa shape index (κ3) is 6.83. The number of benzene rings is 1. The summed E-state index contributed by atoms with van der Waals surface area (Å²) in [4.78, 5) is 38.4. The second kappa shape index (κ2) is 10.6. The highest BCUT2D eigenvalue weighted by atomic mass is 19.1. The number of carbonyl (C=O) groups excluding carboxylic acids is 2. The van der Waals surface area contributed by atoms with Crippen LogP contribution in [0.15, 0.2) is 24.3 Å². The average molecular weight is 394 g/mol. The SMILES string of the molecule is CC(=O)N(CC(=O)O)C1CCCN(C(=O)CCCOc2ccc(F)cc2)CC1. The van der Waals surface area contributed by atoms with Gasteiger partial charge in [-0.2, -0.15) is 0 Å². The van der Waals surface area contributed by atoms with E-state index >= 15 is 0 Å². The first kappa shape index (κ1) is 21.7. The Kier molecular flexibility index (Phi) is 8.22. The molecule has 1 aromatic carbocycles. The van der Waals surface area contributed by atoms with Crippen LogP contribution < -0.4 is 4.74 Å². The zero-order valence-corrected chi connectivity index (χ0v) is 16.1. The molecule has 1 fully saturated rings. The van der Waals surface area contributed by atoms with Crippen LogP contribution in [-0.2, 0) is 14.4 Å². The number of hydrogen-bond donors (Lipinski definition) is 1. The molecule has 1 atom stereocenters. The van der Waals surface area contributed by atoms with Crippen LogP contribution >= 0.6 is 0 Å². The molecule has 8 heteroatoms. The second-order valence-corrected chi connectivity index (χ2v) is 6.91. The summed E-state index contributed by atoms with van der Waals surface area (Å²) in [5.74, 6) is -1.03. The van der Waals surface area contributed by atoms with E-state index < -0.39 is 5.97 Å². The Labute approximate surface area is 164 Å². The number of amides is 2. The third-order valence-electron chi connectivity index (χ3n) is 4.82. The number of ether oxygens (including phenoxy) is 1. The van der Waals surface area contributed by atoms with Crippen LogP contribution in [0.5, 0.6) is 5.75 Å². The zero-order chi connectivity index (χ0) is 20.5.